The van der Waals surface area contributed by atoms with E-state index in [1.807, 2.05) is 0 Å². The number of hydrogen-bond acceptors (Lipinski definition) is 7. The van der Waals surface area contributed by atoms with Crippen LogP contribution in [0.15, 0.2) is 48.5 Å². The van der Waals surface area contributed by atoms with Gasteiger partial charge in [0.1, 0.15) is 6.10 Å². The van der Waals surface area contributed by atoms with Crippen LogP contribution in [-0.2, 0) is 19.2 Å². The van der Waals surface area contributed by atoms with Gasteiger partial charge in [-0.25, -0.2) is 10.3 Å². The highest BCUT2D eigenvalue weighted by Gasteiger charge is 2.36. The molecule has 1 fully saturated rings. The summed E-state index contributed by atoms with van der Waals surface area (Å²) in [4.78, 5) is 46.5. The Kier molecular flexibility index (Phi) is 10.4. The first-order valence-electron chi connectivity index (χ1n) is 12.3. The van der Waals surface area contributed by atoms with Gasteiger partial charge in [-0.15, -0.1) is 0 Å². The maximum atomic E-state index is 13.2. The van der Waals surface area contributed by atoms with Gasteiger partial charge in [0.05, 0.1) is 6.61 Å². The molecule has 38 heavy (non-hydrogen) atoms. The number of carbonyl (C=O) groups excluding carboxylic acids is 3. The SMILES string of the molecule is CN(C)C(=O)[C@@H](C(=O)NOC1CCCCO1)N(C)C(=O)c1ccc(C#Cc2ccc([C@H](O)CO)cc2)cc1. The van der Waals surface area contributed by atoms with Crippen LogP contribution in [0, 0.1) is 11.8 Å². The van der Waals surface area contributed by atoms with Crippen molar-refractivity contribution in [2.24, 2.45) is 0 Å². The van der Waals surface area contributed by atoms with Crippen LogP contribution in [0.5, 0.6) is 0 Å². The summed E-state index contributed by atoms with van der Waals surface area (Å²) >= 11 is 0. The third kappa shape index (κ3) is 7.63. The van der Waals surface area contributed by atoms with Gasteiger partial charge in [0.15, 0.2) is 12.3 Å². The van der Waals surface area contributed by atoms with E-state index in [1.54, 1.807) is 48.5 Å². The second-order valence-corrected chi connectivity index (χ2v) is 9.08. The van der Waals surface area contributed by atoms with Gasteiger partial charge in [-0.2, -0.15) is 0 Å². The summed E-state index contributed by atoms with van der Waals surface area (Å²) in [5.74, 6) is 4.13. The fraction of sp³-hybridized carbons (Fsp3) is 0.393. The average molecular weight is 524 g/mol. The molecule has 0 saturated carbocycles. The van der Waals surface area contributed by atoms with Gasteiger partial charge in [-0.05, 0) is 54.8 Å². The Bertz CT molecular complexity index is 1160. The molecule has 2 aromatic carbocycles. The molecule has 1 heterocycles. The molecule has 0 spiro atoms. The van der Waals surface area contributed by atoms with Gasteiger partial charge in [-0.3, -0.25) is 14.4 Å². The molecule has 3 amide bonds. The minimum absolute atomic E-state index is 0.279. The maximum Gasteiger partial charge on any atom is 0.276 e. The third-order valence-corrected chi connectivity index (χ3v) is 6.01. The number of rotatable bonds is 8. The Morgan fingerprint density at radius 2 is 1.63 bits per heavy atom. The molecule has 1 saturated heterocycles. The van der Waals surface area contributed by atoms with E-state index in [-0.39, 0.29) is 12.2 Å². The van der Waals surface area contributed by atoms with E-state index in [2.05, 4.69) is 17.3 Å². The Labute approximate surface area is 222 Å². The Morgan fingerprint density at radius 3 is 2.16 bits per heavy atom. The van der Waals surface area contributed by atoms with Crippen LogP contribution in [0.25, 0.3) is 0 Å². The van der Waals surface area contributed by atoms with Gasteiger partial charge in [0.2, 0.25) is 0 Å². The van der Waals surface area contributed by atoms with Crippen LogP contribution in [0.3, 0.4) is 0 Å². The molecule has 3 N–H and O–H groups in total. The van der Waals surface area contributed by atoms with Gasteiger partial charge in [0.25, 0.3) is 17.7 Å². The topological polar surface area (TPSA) is 129 Å². The molecular weight excluding hydrogens is 490 g/mol. The van der Waals surface area contributed by atoms with Crippen molar-refractivity contribution >= 4 is 17.7 Å². The number of ether oxygens (including phenoxy) is 1. The predicted molar refractivity (Wildman–Crippen MR) is 138 cm³/mol. The van der Waals surface area contributed by atoms with Gasteiger partial charge in [-0.1, -0.05) is 24.0 Å². The first-order valence-corrected chi connectivity index (χ1v) is 12.3. The number of amides is 3. The van der Waals surface area contributed by atoms with Crippen LogP contribution in [0.1, 0.15) is 52.4 Å². The molecule has 10 nitrogen and oxygen atoms in total. The zero-order valence-electron chi connectivity index (χ0n) is 21.7. The summed E-state index contributed by atoms with van der Waals surface area (Å²) < 4.78 is 5.43. The highest BCUT2D eigenvalue weighted by molar-refractivity contribution is 6.08. The number of carbonyl (C=O) groups is 3. The fourth-order valence-corrected chi connectivity index (χ4v) is 3.74. The molecular formula is C28H33N3O7. The first-order chi connectivity index (χ1) is 18.2. The maximum absolute atomic E-state index is 13.2. The Morgan fingerprint density at radius 1 is 1.03 bits per heavy atom. The highest BCUT2D eigenvalue weighted by Crippen LogP contribution is 2.15. The number of aliphatic hydroxyl groups excluding tert-OH is 2. The largest absolute Gasteiger partial charge is 0.393 e. The zero-order chi connectivity index (χ0) is 27.7. The zero-order valence-corrected chi connectivity index (χ0v) is 21.7. The van der Waals surface area contributed by atoms with Crippen LogP contribution in [0.2, 0.25) is 0 Å². The van der Waals surface area contributed by atoms with Crippen molar-refractivity contribution in [2.75, 3.05) is 34.4 Å². The monoisotopic (exact) mass is 523 g/mol. The highest BCUT2D eigenvalue weighted by atomic mass is 16.8. The van der Waals surface area contributed by atoms with Crippen molar-refractivity contribution in [3.8, 4) is 11.8 Å². The number of nitrogens with zero attached hydrogens (tertiary/aromatic N) is 2. The number of benzene rings is 2. The molecule has 0 radical (unpaired) electrons. The second-order valence-electron chi connectivity index (χ2n) is 9.08. The summed E-state index contributed by atoms with van der Waals surface area (Å²) in [6, 6.07) is 11.9. The minimum Gasteiger partial charge on any atom is -0.393 e. The summed E-state index contributed by atoms with van der Waals surface area (Å²) in [6.07, 6.45) is 0.912. The van der Waals surface area contributed by atoms with Crippen LogP contribution < -0.4 is 5.48 Å². The van der Waals surface area contributed by atoms with E-state index in [4.69, 9.17) is 14.7 Å². The second kappa shape index (κ2) is 13.7. The van der Waals surface area contributed by atoms with E-state index < -0.39 is 36.2 Å². The normalized spacial score (nSPS) is 16.4. The molecule has 202 valence electrons. The predicted octanol–water partition coefficient (Wildman–Crippen LogP) is 1.22. The van der Waals surface area contributed by atoms with E-state index in [9.17, 15) is 19.5 Å². The number of hydroxylamine groups is 1. The number of aliphatic hydroxyl groups is 2. The lowest BCUT2D eigenvalue weighted by Crippen LogP contribution is -2.56. The van der Waals surface area contributed by atoms with Crippen molar-refractivity contribution in [1.82, 2.24) is 15.3 Å². The standard InChI is InChI=1S/C28H33N3O7/c1-30(2)28(36)25(26(34)29-38-24-6-4-5-17-37-24)31(3)27(35)22-15-11-20(12-16-22)8-7-19-9-13-21(14-10-19)23(33)18-32/h9-16,23-25,32-33H,4-6,17-18H2,1-3H3,(H,29,34)/t23-,24?,25-/m1/s1. The molecule has 1 unspecified atom stereocenters. The van der Waals surface area contributed by atoms with E-state index in [1.165, 1.54) is 26.0 Å². The molecule has 3 atom stereocenters. The van der Waals surface area contributed by atoms with E-state index >= 15 is 0 Å². The lowest BCUT2D eigenvalue weighted by atomic mass is 10.1. The van der Waals surface area contributed by atoms with Gasteiger partial charge < -0.3 is 24.7 Å². The fourth-order valence-electron chi connectivity index (χ4n) is 3.74. The van der Waals surface area contributed by atoms with E-state index in [0.717, 1.165) is 23.3 Å². The molecule has 2 aromatic rings. The number of nitrogens with one attached hydrogen (secondary N) is 1. The summed E-state index contributed by atoms with van der Waals surface area (Å²) in [7, 11) is 4.39. The molecule has 0 bridgehead atoms. The van der Waals surface area contributed by atoms with Crippen molar-refractivity contribution in [3.63, 3.8) is 0 Å². The molecule has 3 rings (SSSR count). The molecule has 0 aliphatic carbocycles. The number of likely N-dealkylation sites (N-methyl/N-ethyl adjacent to an activating group) is 2. The van der Waals surface area contributed by atoms with Crippen molar-refractivity contribution in [3.05, 3.63) is 70.8 Å². The average Bonchev–Trinajstić information content (AvgIpc) is 2.95. The smallest absolute Gasteiger partial charge is 0.276 e. The number of hydrogen-bond donors (Lipinski definition) is 3. The molecule has 1 aliphatic rings. The summed E-state index contributed by atoms with van der Waals surface area (Å²) in [5.41, 5.74) is 4.53. The van der Waals surface area contributed by atoms with Crippen molar-refractivity contribution in [2.45, 2.75) is 37.7 Å². The van der Waals surface area contributed by atoms with Crippen LogP contribution in [-0.4, -0.2) is 84.4 Å². The Balaban J connectivity index is 1.68. The first kappa shape index (κ1) is 28.8. The van der Waals surface area contributed by atoms with Gasteiger partial charge >= 0.3 is 0 Å². The summed E-state index contributed by atoms with van der Waals surface area (Å²) in [5, 5.41) is 18.7. The van der Waals surface area contributed by atoms with Crippen LogP contribution in [0.4, 0.5) is 0 Å². The molecule has 1 aliphatic heterocycles. The van der Waals surface area contributed by atoms with Crippen LogP contribution >= 0.6 is 0 Å². The lowest BCUT2D eigenvalue weighted by Gasteiger charge is -2.29. The third-order valence-electron chi connectivity index (χ3n) is 6.01. The molecule has 10 heteroatoms. The van der Waals surface area contributed by atoms with Crippen molar-refractivity contribution < 1.29 is 34.2 Å². The summed E-state index contributed by atoms with van der Waals surface area (Å²) in [6.45, 7) is 0.170. The van der Waals surface area contributed by atoms with Crippen molar-refractivity contribution in [1.29, 1.82) is 0 Å². The van der Waals surface area contributed by atoms with Gasteiger partial charge in [0, 0.05) is 50.9 Å². The van der Waals surface area contributed by atoms with E-state index in [0.29, 0.717) is 24.2 Å². The lowest BCUT2D eigenvalue weighted by molar-refractivity contribution is -0.202. The molecule has 0 aromatic heterocycles. The quantitative estimate of drug-likeness (QED) is 0.270. The Hall–Kier alpha value is -3.75. The minimum atomic E-state index is -1.44.